The number of hydrogen-bond donors (Lipinski definition) is 0. The molecule has 0 amide bonds. The molecule has 1 saturated heterocycles. The minimum absolute atomic E-state index is 0.266. The van der Waals surface area contributed by atoms with Gasteiger partial charge in [-0.15, -0.1) is 0 Å². The van der Waals surface area contributed by atoms with E-state index in [1.54, 1.807) is 11.9 Å². The lowest BCUT2D eigenvalue weighted by molar-refractivity contribution is -0.138. The van der Waals surface area contributed by atoms with Crippen molar-refractivity contribution in [3.05, 3.63) is 0 Å². The molecule has 2 nitrogen and oxygen atoms in total. The molecule has 0 aliphatic carbocycles. The summed E-state index contributed by atoms with van der Waals surface area (Å²) in [6, 6.07) is 0. The fourth-order valence-electron chi connectivity index (χ4n) is 1.03. The van der Waals surface area contributed by atoms with Crippen molar-refractivity contribution in [2.45, 2.75) is 12.6 Å². The highest BCUT2D eigenvalue weighted by molar-refractivity contribution is 5.86. The van der Waals surface area contributed by atoms with Crippen LogP contribution < -0.4 is 0 Å². The third-order valence-electron chi connectivity index (χ3n) is 1.67. The number of likely N-dealkylation sites (tertiary alicyclic amines) is 1. The monoisotopic (exact) mass is 131 g/mol. The highest BCUT2D eigenvalue weighted by Crippen LogP contribution is 2.23. The van der Waals surface area contributed by atoms with Crippen molar-refractivity contribution in [1.29, 1.82) is 0 Å². The summed E-state index contributed by atoms with van der Waals surface area (Å²) in [6.45, 7) is 1.83. The van der Waals surface area contributed by atoms with E-state index in [-0.39, 0.29) is 18.9 Å². The Labute approximate surface area is 53.6 Å². The first-order valence-electron chi connectivity index (χ1n) is 2.93. The predicted octanol–water partition coefficient (Wildman–Crippen LogP) is 0.229. The van der Waals surface area contributed by atoms with Crippen molar-refractivity contribution in [3.8, 4) is 0 Å². The topological polar surface area (TPSA) is 20.3 Å². The maximum Gasteiger partial charge on any atom is 0.193 e. The highest BCUT2D eigenvalue weighted by Gasteiger charge is 2.45. The molecule has 0 atom stereocenters. The van der Waals surface area contributed by atoms with Crippen LogP contribution >= 0.6 is 0 Å². The molecule has 1 fully saturated rings. The average Bonchev–Trinajstić information content (AvgIpc) is 1.62. The predicted molar refractivity (Wildman–Crippen MR) is 32.0 cm³/mol. The molecule has 1 heterocycles. The summed E-state index contributed by atoms with van der Waals surface area (Å²) in [5.41, 5.74) is -1.52. The van der Waals surface area contributed by atoms with Gasteiger partial charge in [0.05, 0.1) is 0 Å². The normalized spacial score (nSPS) is 25.2. The molecule has 1 aliphatic rings. The molecule has 0 unspecified atom stereocenters. The Hall–Kier alpha value is -0.440. The van der Waals surface area contributed by atoms with Gasteiger partial charge in [-0.05, 0) is 14.0 Å². The molecule has 1 rings (SSSR count). The Morgan fingerprint density at radius 1 is 1.67 bits per heavy atom. The molecule has 0 radical (unpaired) electrons. The molecule has 0 saturated carbocycles. The van der Waals surface area contributed by atoms with E-state index in [4.69, 9.17) is 0 Å². The number of alkyl halides is 1. The van der Waals surface area contributed by atoms with Gasteiger partial charge in [-0.1, -0.05) is 0 Å². The third kappa shape index (κ3) is 0.965. The molecule has 1 aliphatic heterocycles. The first kappa shape index (κ1) is 6.68. The SMILES string of the molecule is CC(=O)C1(F)CN(C)C1. The Kier molecular flexibility index (Phi) is 1.31. The van der Waals surface area contributed by atoms with Crippen LogP contribution in [0, 0.1) is 0 Å². The van der Waals surface area contributed by atoms with E-state index in [1.807, 2.05) is 0 Å². The Balaban J connectivity index is 2.50. The van der Waals surface area contributed by atoms with Crippen molar-refractivity contribution in [2.24, 2.45) is 0 Å². The van der Waals surface area contributed by atoms with Gasteiger partial charge in [-0.25, -0.2) is 4.39 Å². The zero-order chi connectivity index (χ0) is 7.07. The van der Waals surface area contributed by atoms with E-state index < -0.39 is 5.67 Å². The lowest BCUT2D eigenvalue weighted by Gasteiger charge is -2.40. The number of carbonyl (C=O) groups excluding carboxylic acids is 1. The van der Waals surface area contributed by atoms with E-state index >= 15 is 0 Å². The summed E-state index contributed by atoms with van der Waals surface area (Å²) in [5, 5.41) is 0. The molecule has 0 spiro atoms. The van der Waals surface area contributed by atoms with E-state index in [0.717, 1.165) is 0 Å². The molecule has 3 heteroatoms. The van der Waals surface area contributed by atoms with Gasteiger partial charge in [0.1, 0.15) is 0 Å². The van der Waals surface area contributed by atoms with Gasteiger partial charge in [0, 0.05) is 13.1 Å². The number of ketones is 1. The molecule has 0 aromatic heterocycles. The van der Waals surface area contributed by atoms with E-state index in [9.17, 15) is 9.18 Å². The summed E-state index contributed by atoms with van der Waals surface area (Å²) >= 11 is 0. The lowest BCUT2D eigenvalue weighted by atomic mass is 9.93. The first-order valence-corrected chi connectivity index (χ1v) is 2.93. The summed E-state index contributed by atoms with van der Waals surface area (Å²) in [4.78, 5) is 12.3. The second-order valence-corrected chi connectivity index (χ2v) is 2.69. The van der Waals surface area contributed by atoms with Crippen LogP contribution in [0.5, 0.6) is 0 Å². The Morgan fingerprint density at radius 3 is 2.22 bits per heavy atom. The van der Waals surface area contributed by atoms with E-state index in [1.165, 1.54) is 6.92 Å². The number of hydrogen-bond acceptors (Lipinski definition) is 2. The third-order valence-corrected chi connectivity index (χ3v) is 1.67. The van der Waals surface area contributed by atoms with Crippen LogP contribution in [0.15, 0.2) is 0 Å². The Morgan fingerprint density at radius 2 is 2.11 bits per heavy atom. The molecule has 0 aromatic carbocycles. The minimum atomic E-state index is -1.52. The zero-order valence-electron chi connectivity index (χ0n) is 5.65. The minimum Gasteiger partial charge on any atom is -0.299 e. The van der Waals surface area contributed by atoms with Gasteiger partial charge in [0.2, 0.25) is 0 Å². The smallest absolute Gasteiger partial charge is 0.193 e. The van der Waals surface area contributed by atoms with Crippen LogP contribution in [0.3, 0.4) is 0 Å². The molecular weight excluding hydrogens is 121 g/mol. The molecular formula is C6H10FNO. The van der Waals surface area contributed by atoms with Crippen molar-refractivity contribution in [2.75, 3.05) is 20.1 Å². The maximum atomic E-state index is 12.9. The van der Waals surface area contributed by atoms with Crippen LogP contribution in [-0.4, -0.2) is 36.5 Å². The van der Waals surface area contributed by atoms with E-state index in [0.29, 0.717) is 0 Å². The van der Waals surface area contributed by atoms with Crippen LogP contribution in [0.4, 0.5) is 4.39 Å². The molecule has 0 bridgehead atoms. The number of halogens is 1. The van der Waals surface area contributed by atoms with Gasteiger partial charge < -0.3 is 0 Å². The van der Waals surface area contributed by atoms with Crippen LogP contribution in [-0.2, 0) is 4.79 Å². The van der Waals surface area contributed by atoms with Gasteiger partial charge in [0.15, 0.2) is 11.5 Å². The summed E-state index contributed by atoms with van der Waals surface area (Å²) < 4.78 is 12.9. The number of carbonyl (C=O) groups is 1. The second kappa shape index (κ2) is 1.77. The summed E-state index contributed by atoms with van der Waals surface area (Å²) in [6.07, 6.45) is 0. The van der Waals surface area contributed by atoms with Gasteiger partial charge in [0.25, 0.3) is 0 Å². The number of Topliss-reactive ketones (excluding diaryl/α,β-unsaturated/α-hetero) is 1. The quantitative estimate of drug-likeness (QED) is 0.507. The van der Waals surface area contributed by atoms with Crippen LogP contribution in [0.2, 0.25) is 0 Å². The summed E-state index contributed by atoms with van der Waals surface area (Å²) in [7, 11) is 1.79. The maximum absolute atomic E-state index is 12.9. The zero-order valence-corrected chi connectivity index (χ0v) is 5.65. The van der Waals surface area contributed by atoms with Crippen molar-refractivity contribution in [3.63, 3.8) is 0 Å². The summed E-state index contributed by atoms with van der Waals surface area (Å²) in [5.74, 6) is -0.347. The molecule has 52 valence electrons. The number of rotatable bonds is 1. The van der Waals surface area contributed by atoms with Crippen molar-refractivity contribution < 1.29 is 9.18 Å². The fourth-order valence-corrected chi connectivity index (χ4v) is 1.03. The fraction of sp³-hybridized carbons (Fsp3) is 0.833. The largest absolute Gasteiger partial charge is 0.299 e. The second-order valence-electron chi connectivity index (χ2n) is 2.69. The number of nitrogens with zero attached hydrogens (tertiary/aromatic N) is 1. The Bertz CT molecular complexity index is 140. The van der Waals surface area contributed by atoms with Gasteiger partial charge >= 0.3 is 0 Å². The van der Waals surface area contributed by atoms with Crippen LogP contribution in [0.1, 0.15) is 6.92 Å². The molecule has 0 N–H and O–H groups in total. The average molecular weight is 131 g/mol. The van der Waals surface area contributed by atoms with Crippen LogP contribution in [0.25, 0.3) is 0 Å². The van der Waals surface area contributed by atoms with Crippen molar-refractivity contribution in [1.82, 2.24) is 4.90 Å². The molecule has 0 aromatic rings. The lowest BCUT2D eigenvalue weighted by Crippen LogP contribution is -2.60. The highest BCUT2D eigenvalue weighted by atomic mass is 19.1. The van der Waals surface area contributed by atoms with Crippen molar-refractivity contribution >= 4 is 5.78 Å². The molecule has 9 heavy (non-hydrogen) atoms. The van der Waals surface area contributed by atoms with Gasteiger partial charge in [-0.3, -0.25) is 9.69 Å². The van der Waals surface area contributed by atoms with E-state index in [2.05, 4.69) is 0 Å². The first-order chi connectivity index (χ1) is 4.04. The van der Waals surface area contributed by atoms with Gasteiger partial charge in [-0.2, -0.15) is 0 Å². The standard InChI is InChI=1S/C6H10FNO/c1-5(9)6(7)3-8(2)4-6/h3-4H2,1-2H3.